The lowest BCUT2D eigenvalue weighted by Crippen LogP contribution is -2.55. The summed E-state index contributed by atoms with van der Waals surface area (Å²) < 4.78 is 16.8. The molecule has 1 N–H and O–H groups in total. The first-order valence-corrected chi connectivity index (χ1v) is 11.1. The Morgan fingerprint density at radius 3 is 2.50 bits per heavy atom. The van der Waals surface area contributed by atoms with E-state index in [4.69, 9.17) is 13.9 Å². The van der Waals surface area contributed by atoms with E-state index < -0.39 is 11.7 Å². The van der Waals surface area contributed by atoms with E-state index in [1.54, 1.807) is 34.9 Å². The predicted molar refractivity (Wildman–Crippen MR) is 122 cm³/mol. The summed E-state index contributed by atoms with van der Waals surface area (Å²) in [5.74, 6) is 0.788. The molecule has 2 aromatic carbocycles. The van der Waals surface area contributed by atoms with E-state index in [1.165, 1.54) is 12.1 Å². The molecule has 2 aliphatic heterocycles. The molecule has 34 heavy (non-hydrogen) atoms. The lowest BCUT2D eigenvalue weighted by Gasteiger charge is -2.37. The average Bonchev–Trinajstić information content (AvgIpc) is 2.85. The van der Waals surface area contributed by atoms with Crippen LogP contribution in [0.5, 0.6) is 17.2 Å². The molecular weight excluding hydrogens is 440 g/mol. The summed E-state index contributed by atoms with van der Waals surface area (Å²) in [5, 5.41) is 10.3. The number of ether oxygens (including phenoxy) is 2. The molecule has 5 rings (SSSR count). The fourth-order valence-corrected chi connectivity index (χ4v) is 4.37. The van der Waals surface area contributed by atoms with Crippen LogP contribution < -0.4 is 15.1 Å². The van der Waals surface area contributed by atoms with Crippen LogP contribution in [0.15, 0.2) is 51.7 Å². The number of aryl methyl sites for hydroxylation is 1. The van der Waals surface area contributed by atoms with Gasteiger partial charge in [0.15, 0.2) is 11.5 Å². The molecule has 3 heterocycles. The zero-order chi connectivity index (χ0) is 23.8. The minimum absolute atomic E-state index is 0.000641. The number of phenolic OH excluding ortho intramolecular Hbond substituents is 1. The number of piperazine rings is 1. The Kier molecular flexibility index (Phi) is 5.61. The quantitative estimate of drug-likeness (QED) is 0.589. The number of amides is 2. The van der Waals surface area contributed by atoms with Gasteiger partial charge in [0.05, 0.1) is 12.0 Å². The van der Waals surface area contributed by atoms with Crippen molar-refractivity contribution < 1.29 is 28.6 Å². The number of nitrogens with zero attached hydrogens (tertiary/aromatic N) is 2. The molecule has 1 fully saturated rings. The lowest BCUT2D eigenvalue weighted by atomic mass is 10.0. The van der Waals surface area contributed by atoms with Gasteiger partial charge in [0.2, 0.25) is 12.0 Å². The minimum Gasteiger partial charge on any atom is -0.508 e. The van der Waals surface area contributed by atoms with Crippen LogP contribution in [0.4, 0.5) is 0 Å². The summed E-state index contributed by atoms with van der Waals surface area (Å²) in [4.78, 5) is 41.7. The fraction of sp³-hybridized carbons (Fsp3) is 0.320. The largest absolute Gasteiger partial charge is 0.508 e. The van der Waals surface area contributed by atoms with Gasteiger partial charge in [-0.3, -0.25) is 9.59 Å². The van der Waals surface area contributed by atoms with Gasteiger partial charge < -0.3 is 28.8 Å². The number of carbonyl (C=O) groups is 2. The summed E-state index contributed by atoms with van der Waals surface area (Å²) in [6, 6.07) is 11.8. The highest BCUT2D eigenvalue weighted by Crippen LogP contribution is 2.31. The molecule has 0 unspecified atom stereocenters. The van der Waals surface area contributed by atoms with Crippen LogP contribution in [-0.4, -0.2) is 65.6 Å². The van der Waals surface area contributed by atoms with Crippen molar-refractivity contribution in [1.29, 1.82) is 0 Å². The van der Waals surface area contributed by atoms with Crippen LogP contribution in [0.25, 0.3) is 11.0 Å². The average molecular weight is 464 g/mol. The minimum atomic E-state index is -0.721. The third-order valence-corrected chi connectivity index (χ3v) is 6.33. The van der Waals surface area contributed by atoms with E-state index >= 15 is 0 Å². The molecule has 1 saturated heterocycles. The van der Waals surface area contributed by atoms with E-state index in [1.807, 2.05) is 12.1 Å². The van der Waals surface area contributed by atoms with E-state index in [0.717, 1.165) is 0 Å². The van der Waals surface area contributed by atoms with Crippen LogP contribution in [0, 0.1) is 6.92 Å². The first kappa shape index (κ1) is 21.8. The number of rotatable bonds is 3. The SMILES string of the molecule is Cc1c(CC(=O)N2CCN(C(=O)[C@@H]3COc4ccccc4O3)CC2)c(=O)oc2cc(O)ccc12. The zero-order valence-electron chi connectivity index (χ0n) is 18.7. The Balaban J connectivity index is 1.22. The second-order valence-corrected chi connectivity index (χ2v) is 8.42. The fourth-order valence-electron chi connectivity index (χ4n) is 4.37. The Hall–Kier alpha value is -4.01. The standard InChI is InChI=1S/C25H24N2O7/c1-15-17-7-6-16(28)12-21(17)34-25(31)18(15)13-23(29)26-8-10-27(11-9-26)24(30)22-14-32-19-4-2-3-5-20(19)33-22/h2-7,12,22,28H,8-11,13-14H2,1H3/t22-/m0/s1. The molecule has 3 aromatic rings. The highest BCUT2D eigenvalue weighted by atomic mass is 16.6. The Morgan fingerprint density at radius 1 is 1.03 bits per heavy atom. The molecule has 9 heteroatoms. The lowest BCUT2D eigenvalue weighted by molar-refractivity contribution is -0.146. The highest BCUT2D eigenvalue weighted by molar-refractivity contribution is 5.86. The van der Waals surface area contributed by atoms with Gasteiger partial charge in [-0.05, 0) is 36.8 Å². The van der Waals surface area contributed by atoms with Crippen molar-refractivity contribution in [2.75, 3.05) is 32.8 Å². The summed E-state index contributed by atoms with van der Waals surface area (Å²) in [5.41, 5.74) is 0.645. The maximum Gasteiger partial charge on any atom is 0.340 e. The Bertz CT molecular complexity index is 1320. The van der Waals surface area contributed by atoms with E-state index in [9.17, 15) is 19.5 Å². The number of benzene rings is 2. The van der Waals surface area contributed by atoms with Crippen molar-refractivity contribution >= 4 is 22.8 Å². The number of phenols is 1. The molecule has 2 amide bonds. The van der Waals surface area contributed by atoms with E-state index in [-0.39, 0.29) is 36.2 Å². The van der Waals surface area contributed by atoms with Gasteiger partial charge in [-0.1, -0.05) is 12.1 Å². The Labute approximate surface area is 195 Å². The van der Waals surface area contributed by atoms with Gasteiger partial charge in [0.1, 0.15) is 17.9 Å². The topological polar surface area (TPSA) is 110 Å². The predicted octanol–water partition coefficient (Wildman–Crippen LogP) is 1.86. The maximum atomic E-state index is 12.9. The number of hydrogen-bond acceptors (Lipinski definition) is 7. The molecular formula is C25H24N2O7. The smallest absolute Gasteiger partial charge is 0.340 e. The molecule has 0 radical (unpaired) electrons. The molecule has 176 valence electrons. The number of fused-ring (bicyclic) bond motifs is 2. The van der Waals surface area contributed by atoms with Gasteiger partial charge in [-0.2, -0.15) is 0 Å². The Morgan fingerprint density at radius 2 is 1.74 bits per heavy atom. The molecule has 0 saturated carbocycles. The third kappa shape index (κ3) is 4.05. The molecule has 2 aliphatic rings. The first-order chi connectivity index (χ1) is 16.4. The monoisotopic (exact) mass is 464 g/mol. The van der Waals surface area contributed by atoms with Crippen molar-refractivity contribution in [3.8, 4) is 17.2 Å². The van der Waals surface area contributed by atoms with Crippen LogP contribution in [-0.2, 0) is 16.0 Å². The van der Waals surface area contributed by atoms with Crippen LogP contribution in [0.1, 0.15) is 11.1 Å². The number of para-hydroxylation sites is 2. The van der Waals surface area contributed by atoms with Crippen molar-refractivity contribution in [2.24, 2.45) is 0 Å². The van der Waals surface area contributed by atoms with Crippen LogP contribution in [0.2, 0.25) is 0 Å². The second kappa shape index (κ2) is 8.74. The van der Waals surface area contributed by atoms with Gasteiger partial charge >= 0.3 is 5.63 Å². The highest BCUT2D eigenvalue weighted by Gasteiger charge is 2.33. The molecule has 0 aliphatic carbocycles. The molecule has 1 aromatic heterocycles. The van der Waals surface area contributed by atoms with E-state index in [2.05, 4.69) is 0 Å². The van der Waals surface area contributed by atoms with Crippen molar-refractivity contribution in [2.45, 2.75) is 19.4 Å². The zero-order valence-corrected chi connectivity index (χ0v) is 18.7. The van der Waals surface area contributed by atoms with Gasteiger partial charge in [0.25, 0.3) is 5.91 Å². The first-order valence-electron chi connectivity index (χ1n) is 11.1. The van der Waals surface area contributed by atoms with Crippen molar-refractivity contribution in [1.82, 2.24) is 9.80 Å². The summed E-state index contributed by atoms with van der Waals surface area (Å²) in [7, 11) is 0. The second-order valence-electron chi connectivity index (χ2n) is 8.42. The maximum absolute atomic E-state index is 12.9. The number of carbonyl (C=O) groups excluding carboxylic acids is 2. The van der Waals surface area contributed by atoms with Gasteiger partial charge in [0, 0.05) is 37.6 Å². The summed E-state index contributed by atoms with van der Waals surface area (Å²) in [6.45, 7) is 3.37. The van der Waals surface area contributed by atoms with E-state index in [0.29, 0.717) is 54.2 Å². The summed E-state index contributed by atoms with van der Waals surface area (Å²) >= 11 is 0. The van der Waals surface area contributed by atoms with Gasteiger partial charge in [-0.25, -0.2) is 4.79 Å². The third-order valence-electron chi connectivity index (χ3n) is 6.33. The van der Waals surface area contributed by atoms with Gasteiger partial charge in [-0.15, -0.1) is 0 Å². The molecule has 0 bridgehead atoms. The normalized spacial score (nSPS) is 17.6. The summed E-state index contributed by atoms with van der Waals surface area (Å²) in [6.07, 6.45) is -0.809. The number of hydrogen-bond donors (Lipinski definition) is 1. The molecule has 0 spiro atoms. The van der Waals surface area contributed by atoms with Crippen molar-refractivity contribution in [3.63, 3.8) is 0 Å². The molecule has 9 nitrogen and oxygen atoms in total. The molecule has 1 atom stereocenters. The number of aromatic hydroxyl groups is 1. The van der Waals surface area contributed by atoms with Crippen LogP contribution in [0.3, 0.4) is 0 Å². The van der Waals surface area contributed by atoms with Crippen molar-refractivity contribution in [3.05, 3.63) is 64.0 Å². The van der Waals surface area contributed by atoms with Crippen LogP contribution >= 0.6 is 0 Å².